The van der Waals surface area contributed by atoms with Crippen LogP contribution in [0.3, 0.4) is 0 Å². The van der Waals surface area contributed by atoms with E-state index in [1.165, 1.54) is 23.5 Å². The number of hydrogen-bond acceptors (Lipinski definition) is 5. The third-order valence-corrected chi connectivity index (χ3v) is 8.84. The van der Waals surface area contributed by atoms with Gasteiger partial charge in [-0.2, -0.15) is 13.2 Å². The average Bonchev–Trinajstić information content (AvgIpc) is 3.26. The summed E-state index contributed by atoms with van der Waals surface area (Å²) >= 11 is 1.42. The summed E-state index contributed by atoms with van der Waals surface area (Å²) in [6, 6.07) is 4.13. The molecule has 1 N–H and O–H groups in total. The number of nitrogens with zero attached hydrogens (tertiary/aromatic N) is 1. The highest BCUT2D eigenvalue weighted by Gasteiger charge is 2.58. The van der Waals surface area contributed by atoms with Gasteiger partial charge in [0, 0.05) is 28.2 Å². The van der Waals surface area contributed by atoms with Crippen molar-refractivity contribution in [3.05, 3.63) is 46.0 Å². The van der Waals surface area contributed by atoms with Gasteiger partial charge in [-0.05, 0) is 48.9 Å². The lowest BCUT2D eigenvalue weighted by Gasteiger charge is -2.51. The summed E-state index contributed by atoms with van der Waals surface area (Å²) < 4.78 is 44.2. The molecule has 2 aromatic rings. The molecule has 5 nitrogen and oxygen atoms in total. The van der Waals surface area contributed by atoms with Gasteiger partial charge < -0.3 is 4.74 Å². The molecule has 0 bridgehead atoms. The lowest BCUT2D eigenvalue weighted by atomic mass is 9.54. The van der Waals surface area contributed by atoms with Gasteiger partial charge in [0.05, 0.1) is 17.2 Å². The van der Waals surface area contributed by atoms with Crippen molar-refractivity contribution in [3.8, 4) is 0 Å². The molecule has 33 heavy (non-hydrogen) atoms. The van der Waals surface area contributed by atoms with E-state index >= 15 is 0 Å². The fourth-order valence-corrected chi connectivity index (χ4v) is 7.37. The molecule has 1 aromatic carbocycles. The first-order chi connectivity index (χ1) is 15.5. The average molecular weight is 479 g/mol. The van der Waals surface area contributed by atoms with Gasteiger partial charge in [0.25, 0.3) is 5.91 Å². The van der Waals surface area contributed by atoms with Gasteiger partial charge in [-0.25, -0.2) is 4.98 Å². The number of carbonyl (C=O) groups is 2. The Morgan fingerprint density at radius 3 is 2.58 bits per heavy atom. The van der Waals surface area contributed by atoms with Gasteiger partial charge in [-0.3, -0.25) is 14.9 Å². The van der Waals surface area contributed by atoms with Gasteiger partial charge in [0.2, 0.25) is 0 Å². The molecule has 6 atom stereocenters. The molecule has 6 unspecified atom stereocenters. The maximum absolute atomic E-state index is 12.8. The van der Waals surface area contributed by atoms with Crippen LogP contribution in [-0.4, -0.2) is 23.0 Å². The predicted molar refractivity (Wildman–Crippen MR) is 117 cm³/mol. The van der Waals surface area contributed by atoms with E-state index in [1.54, 1.807) is 0 Å². The van der Waals surface area contributed by atoms with Crippen molar-refractivity contribution in [1.29, 1.82) is 0 Å². The predicted octanol–water partition coefficient (Wildman–Crippen LogP) is 5.67. The number of esters is 1. The first-order valence-corrected chi connectivity index (χ1v) is 12.0. The first-order valence-electron chi connectivity index (χ1n) is 11.2. The fourth-order valence-electron chi connectivity index (χ4n) is 6.11. The molecule has 0 radical (unpaired) electrons. The lowest BCUT2D eigenvalue weighted by Crippen LogP contribution is -2.50. The van der Waals surface area contributed by atoms with Crippen molar-refractivity contribution < 1.29 is 27.5 Å². The zero-order valence-corrected chi connectivity index (χ0v) is 19.3. The number of halogens is 3. The van der Waals surface area contributed by atoms with E-state index in [2.05, 4.69) is 19.2 Å². The topological polar surface area (TPSA) is 68.3 Å². The lowest BCUT2D eigenvalue weighted by molar-refractivity contribution is -0.149. The standard InChI is InChI=1S/C24H25F3N2O3S/c1-11-15-8-9-23(3)10-16-18(12(2)17(23)19(15)32-21(11)31)28-22(33-16)29-20(30)13-4-6-14(7-5-13)24(25,26)27/h4-7,11-12,15,17,19H,8-10H2,1-3H3,(H,28,29,30). The monoisotopic (exact) mass is 478 g/mol. The van der Waals surface area contributed by atoms with Gasteiger partial charge >= 0.3 is 12.1 Å². The summed E-state index contributed by atoms with van der Waals surface area (Å²) in [6.45, 7) is 6.32. The van der Waals surface area contributed by atoms with E-state index in [1.807, 2.05) is 6.92 Å². The van der Waals surface area contributed by atoms with Crippen molar-refractivity contribution in [2.24, 2.45) is 23.2 Å². The SMILES string of the molecule is CC1C(=O)OC2C1CCC1(C)Cc3sc(NC(=O)c4ccc(C(F)(F)F)cc4)nc3C(C)C21. The molecule has 3 aliphatic rings. The Morgan fingerprint density at radius 2 is 1.91 bits per heavy atom. The first kappa shape index (κ1) is 22.4. The number of hydrogen-bond donors (Lipinski definition) is 1. The maximum atomic E-state index is 12.8. The molecule has 1 aromatic heterocycles. The molecule has 1 saturated carbocycles. The smallest absolute Gasteiger partial charge is 0.416 e. The van der Waals surface area contributed by atoms with E-state index in [0.29, 0.717) is 5.13 Å². The second-order valence-electron chi connectivity index (χ2n) is 9.89. The van der Waals surface area contributed by atoms with Crippen molar-refractivity contribution in [3.63, 3.8) is 0 Å². The molecule has 5 rings (SSSR count). The van der Waals surface area contributed by atoms with Gasteiger partial charge in [-0.1, -0.05) is 20.8 Å². The number of rotatable bonds is 2. The van der Waals surface area contributed by atoms with Crippen LogP contribution in [0.1, 0.15) is 66.0 Å². The summed E-state index contributed by atoms with van der Waals surface area (Å²) in [7, 11) is 0. The van der Waals surface area contributed by atoms with Crippen LogP contribution in [0, 0.1) is 23.2 Å². The van der Waals surface area contributed by atoms with Crippen LogP contribution in [0.5, 0.6) is 0 Å². The van der Waals surface area contributed by atoms with E-state index in [9.17, 15) is 22.8 Å². The third kappa shape index (κ3) is 3.64. The van der Waals surface area contributed by atoms with Crippen molar-refractivity contribution in [2.45, 2.75) is 58.2 Å². The molecular formula is C24H25F3N2O3S. The van der Waals surface area contributed by atoms with E-state index in [0.717, 1.165) is 42.0 Å². The van der Waals surface area contributed by atoms with Crippen LogP contribution in [0.4, 0.5) is 18.3 Å². The molecular weight excluding hydrogens is 453 g/mol. The number of thiazole rings is 1. The Kier molecular flexibility index (Phi) is 5.12. The third-order valence-electron chi connectivity index (χ3n) is 7.85. The Labute approximate surface area is 193 Å². The molecule has 2 heterocycles. The van der Waals surface area contributed by atoms with Gasteiger partial charge in [0.15, 0.2) is 5.13 Å². The Balaban J connectivity index is 1.38. The summed E-state index contributed by atoms with van der Waals surface area (Å²) in [5, 5.41) is 3.19. The molecule has 1 aliphatic heterocycles. The zero-order chi connectivity index (χ0) is 23.7. The Bertz CT molecular complexity index is 1110. The fraction of sp³-hybridized carbons (Fsp3) is 0.542. The van der Waals surface area contributed by atoms with E-state index in [4.69, 9.17) is 9.72 Å². The van der Waals surface area contributed by atoms with Crippen LogP contribution in [0.25, 0.3) is 0 Å². The molecule has 0 spiro atoms. The van der Waals surface area contributed by atoms with E-state index < -0.39 is 17.6 Å². The van der Waals surface area contributed by atoms with E-state index in [-0.39, 0.29) is 46.7 Å². The van der Waals surface area contributed by atoms with Crippen LogP contribution in [-0.2, 0) is 22.1 Å². The molecule has 2 aliphatic carbocycles. The number of ether oxygens (including phenoxy) is 1. The normalized spacial score (nSPS) is 33.0. The number of nitrogens with one attached hydrogen (secondary N) is 1. The Hall–Kier alpha value is -2.42. The minimum absolute atomic E-state index is 0.0147. The highest BCUT2D eigenvalue weighted by atomic mass is 32.1. The van der Waals surface area contributed by atoms with Gasteiger partial charge in [0.1, 0.15) is 6.10 Å². The minimum atomic E-state index is -4.45. The quantitative estimate of drug-likeness (QED) is 0.565. The molecule has 1 amide bonds. The minimum Gasteiger partial charge on any atom is -0.461 e. The van der Waals surface area contributed by atoms with Crippen molar-refractivity contribution in [1.82, 2.24) is 4.98 Å². The number of fused-ring (bicyclic) bond motifs is 4. The van der Waals surface area contributed by atoms with Gasteiger partial charge in [-0.15, -0.1) is 11.3 Å². The number of anilines is 1. The summed E-state index contributed by atoms with van der Waals surface area (Å²) in [6.07, 6.45) is -1.78. The maximum Gasteiger partial charge on any atom is 0.416 e. The summed E-state index contributed by atoms with van der Waals surface area (Å²) in [5.74, 6) is -0.227. The molecule has 2 fully saturated rings. The van der Waals surface area contributed by atoms with Crippen LogP contribution < -0.4 is 5.32 Å². The van der Waals surface area contributed by atoms with Crippen LogP contribution >= 0.6 is 11.3 Å². The highest BCUT2D eigenvalue weighted by molar-refractivity contribution is 7.15. The largest absolute Gasteiger partial charge is 0.461 e. The molecule has 176 valence electrons. The molecule has 1 saturated heterocycles. The summed E-state index contributed by atoms with van der Waals surface area (Å²) in [5.41, 5.74) is 0.244. The Morgan fingerprint density at radius 1 is 1.21 bits per heavy atom. The second kappa shape index (κ2) is 7.55. The zero-order valence-electron chi connectivity index (χ0n) is 18.5. The van der Waals surface area contributed by atoms with Crippen molar-refractivity contribution in [2.75, 3.05) is 5.32 Å². The highest BCUT2D eigenvalue weighted by Crippen LogP contribution is 2.59. The number of benzene rings is 1. The molecule has 9 heteroatoms. The second-order valence-corrected chi connectivity index (χ2v) is 11.0. The number of amides is 1. The number of aromatic nitrogens is 1. The van der Waals surface area contributed by atoms with Crippen LogP contribution in [0.15, 0.2) is 24.3 Å². The number of alkyl halides is 3. The van der Waals surface area contributed by atoms with Crippen molar-refractivity contribution >= 4 is 28.3 Å². The number of carbonyl (C=O) groups excluding carboxylic acids is 2. The van der Waals surface area contributed by atoms with Crippen LogP contribution in [0.2, 0.25) is 0 Å². The summed E-state index contributed by atoms with van der Waals surface area (Å²) in [4.78, 5) is 30.7.